The molecule has 0 bridgehead atoms. The van der Waals surface area contributed by atoms with E-state index in [9.17, 15) is 4.79 Å². The quantitative estimate of drug-likeness (QED) is 0.540. The number of carbonyl (C=O) groups is 1. The molecule has 0 spiro atoms. The third-order valence-electron chi connectivity index (χ3n) is 4.63. The number of allylic oxidation sites excluding steroid dienone is 1. The number of carboxylic acid groups (broad SMARTS) is 1. The van der Waals surface area contributed by atoms with Crippen molar-refractivity contribution in [1.29, 1.82) is 0 Å². The van der Waals surface area contributed by atoms with Crippen molar-refractivity contribution in [3.63, 3.8) is 0 Å². The number of aliphatic carboxylic acids is 1. The van der Waals surface area contributed by atoms with Crippen molar-refractivity contribution in [2.45, 2.75) is 52.4 Å². The predicted molar refractivity (Wildman–Crippen MR) is 106 cm³/mol. The molecular weight excluding hydrogens is 386 g/mol. The summed E-state index contributed by atoms with van der Waals surface area (Å²) in [6.45, 7) is 12.7. The van der Waals surface area contributed by atoms with E-state index < -0.39 is 14.3 Å². The molecule has 0 aliphatic rings. The van der Waals surface area contributed by atoms with Gasteiger partial charge in [-0.05, 0) is 36.7 Å². The number of pyridine rings is 1. The van der Waals surface area contributed by atoms with Crippen molar-refractivity contribution in [1.82, 2.24) is 15.2 Å². The van der Waals surface area contributed by atoms with Crippen LogP contribution < -0.4 is 0 Å². The lowest BCUT2D eigenvalue weighted by molar-refractivity contribution is -0.131. The van der Waals surface area contributed by atoms with E-state index >= 15 is 0 Å². The number of rotatable bonds is 6. The van der Waals surface area contributed by atoms with Crippen LogP contribution in [-0.2, 0) is 15.8 Å². The molecule has 0 saturated carbocycles. The standard InChI is InChI=1S/C18H24ClN3O4Si/c1-11(7-15(23)24)16-13(19)8-12(9-20-16)17-22-21-14(26-17)10-25-27(5,6)18(2,3)4/h7-9H,10H2,1-6H3,(H,23,24)/b11-7+. The summed E-state index contributed by atoms with van der Waals surface area (Å²) in [5.74, 6) is -0.389. The third-order valence-corrected chi connectivity index (χ3v) is 9.40. The smallest absolute Gasteiger partial charge is 0.328 e. The van der Waals surface area contributed by atoms with Gasteiger partial charge in [0.15, 0.2) is 8.32 Å². The average molecular weight is 410 g/mol. The average Bonchev–Trinajstić information content (AvgIpc) is 3.00. The number of hydrogen-bond donors (Lipinski definition) is 1. The van der Waals surface area contributed by atoms with Gasteiger partial charge in [0.1, 0.15) is 6.61 Å². The zero-order valence-electron chi connectivity index (χ0n) is 16.3. The first-order valence-electron chi connectivity index (χ1n) is 8.44. The van der Waals surface area contributed by atoms with E-state index in [1.807, 2.05) is 0 Å². The Morgan fingerprint density at radius 1 is 1.37 bits per heavy atom. The minimum Gasteiger partial charge on any atom is -0.478 e. The Morgan fingerprint density at radius 3 is 2.59 bits per heavy atom. The highest BCUT2D eigenvalue weighted by Crippen LogP contribution is 2.37. The largest absolute Gasteiger partial charge is 0.478 e. The van der Waals surface area contributed by atoms with Crippen LogP contribution in [0, 0.1) is 0 Å². The maximum Gasteiger partial charge on any atom is 0.328 e. The molecule has 2 rings (SSSR count). The van der Waals surface area contributed by atoms with E-state index in [4.69, 9.17) is 25.6 Å². The summed E-state index contributed by atoms with van der Waals surface area (Å²) in [7, 11) is -1.92. The zero-order chi connectivity index (χ0) is 20.4. The van der Waals surface area contributed by atoms with Crippen LogP contribution in [0.2, 0.25) is 23.2 Å². The van der Waals surface area contributed by atoms with Gasteiger partial charge in [0.25, 0.3) is 0 Å². The highest BCUT2D eigenvalue weighted by Gasteiger charge is 2.37. The Bertz CT molecular complexity index is 872. The lowest BCUT2D eigenvalue weighted by Gasteiger charge is -2.35. The van der Waals surface area contributed by atoms with Crippen molar-refractivity contribution >= 4 is 31.5 Å². The van der Waals surface area contributed by atoms with Crippen LogP contribution in [0.5, 0.6) is 0 Å². The van der Waals surface area contributed by atoms with Crippen molar-refractivity contribution < 1.29 is 18.7 Å². The van der Waals surface area contributed by atoms with Gasteiger partial charge in [0.05, 0.1) is 16.3 Å². The lowest BCUT2D eigenvalue weighted by atomic mass is 10.1. The molecule has 2 heterocycles. The molecule has 0 amide bonds. The van der Waals surface area contributed by atoms with Gasteiger partial charge in [-0.15, -0.1) is 10.2 Å². The highest BCUT2D eigenvalue weighted by atomic mass is 35.5. The van der Waals surface area contributed by atoms with Crippen molar-refractivity contribution in [2.24, 2.45) is 0 Å². The van der Waals surface area contributed by atoms with Crippen LogP contribution in [0.1, 0.15) is 39.3 Å². The first kappa shape index (κ1) is 21.3. The molecule has 27 heavy (non-hydrogen) atoms. The van der Waals surface area contributed by atoms with Crippen molar-refractivity contribution in [3.8, 4) is 11.5 Å². The number of nitrogens with zero attached hydrogens (tertiary/aromatic N) is 3. The molecule has 2 aromatic heterocycles. The fourth-order valence-electron chi connectivity index (χ4n) is 1.99. The topological polar surface area (TPSA) is 98.3 Å². The molecule has 0 saturated heterocycles. The summed E-state index contributed by atoms with van der Waals surface area (Å²) >= 11 is 6.23. The van der Waals surface area contributed by atoms with E-state index in [1.165, 1.54) is 6.20 Å². The van der Waals surface area contributed by atoms with Crippen LogP contribution in [0.15, 0.2) is 22.8 Å². The maximum atomic E-state index is 10.8. The fourth-order valence-corrected chi connectivity index (χ4v) is 3.22. The van der Waals surface area contributed by atoms with E-state index in [2.05, 4.69) is 49.0 Å². The Labute approximate surface area is 164 Å². The molecule has 0 aliphatic carbocycles. The van der Waals surface area contributed by atoms with E-state index in [0.29, 0.717) is 27.7 Å². The van der Waals surface area contributed by atoms with Crippen LogP contribution in [0.4, 0.5) is 0 Å². The molecule has 2 aromatic rings. The summed E-state index contributed by atoms with van der Waals surface area (Å²) in [5.41, 5.74) is 1.40. The maximum absolute atomic E-state index is 10.8. The first-order valence-corrected chi connectivity index (χ1v) is 11.7. The van der Waals surface area contributed by atoms with E-state index in [-0.39, 0.29) is 17.5 Å². The highest BCUT2D eigenvalue weighted by molar-refractivity contribution is 6.74. The van der Waals surface area contributed by atoms with Gasteiger partial charge in [-0.3, -0.25) is 4.98 Å². The van der Waals surface area contributed by atoms with Crippen LogP contribution in [0.3, 0.4) is 0 Å². The molecular formula is C18H24ClN3O4Si. The minimum absolute atomic E-state index is 0.0878. The summed E-state index contributed by atoms with van der Waals surface area (Å²) in [5, 5.41) is 17.3. The monoisotopic (exact) mass is 409 g/mol. The lowest BCUT2D eigenvalue weighted by Crippen LogP contribution is -2.40. The van der Waals surface area contributed by atoms with Gasteiger partial charge in [-0.2, -0.15) is 0 Å². The number of halogens is 1. The second-order valence-corrected chi connectivity index (χ2v) is 13.0. The summed E-state index contributed by atoms with van der Waals surface area (Å²) in [6, 6.07) is 1.62. The van der Waals surface area contributed by atoms with Gasteiger partial charge < -0.3 is 13.9 Å². The van der Waals surface area contributed by atoms with Crippen molar-refractivity contribution in [3.05, 3.63) is 34.9 Å². The molecule has 0 atom stereocenters. The molecule has 9 heteroatoms. The molecule has 0 aliphatic heterocycles. The molecule has 0 radical (unpaired) electrons. The summed E-state index contributed by atoms with van der Waals surface area (Å²) < 4.78 is 11.7. The third kappa shape index (κ3) is 5.24. The molecule has 7 nitrogen and oxygen atoms in total. The first-order chi connectivity index (χ1) is 12.4. The number of hydrogen-bond acceptors (Lipinski definition) is 6. The fraction of sp³-hybridized carbons (Fsp3) is 0.444. The van der Waals surface area contributed by atoms with Gasteiger partial charge in [-0.1, -0.05) is 32.4 Å². The second-order valence-electron chi connectivity index (χ2n) is 7.77. The Morgan fingerprint density at radius 2 is 2.04 bits per heavy atom. The van der Waals surface area contributed by atoms with Crippen LogP contribution >= 0.6 is 11.6 Å². The van der Waals surface area contributed by atoms with Gasteiger partial charge in [0.2, 0.25) is 11.8 Å². The van der Waals surface area contributed by atoms with Crippen molar-refractivity contribution in [2.75, 3.05) is 0 Å². The zero-order valence-corrected chi connectivity index (χ0v) is 18.1. The van der Waals surface area contributed by atoms with Gasteiger partial charge in [0, 0.05) is 12.3 Å². The summed E-state index contributed by atoms with van der Waals surface area (Å²) in [4.78, 5) is 15.0. The number of aromatic nitrogens is 3. The van der Waals surface area contributed by atoms with E-state index in [0.717, 1.165) is 6.08 Å². The van der Waals surface area contributed by atoms with Crippen LogP contribution in [0.25, 0.3) is 17.0 Å². The predicted octanol–water partition coefficient (Wildman–Crippen LogP) is 4.79. The molecule has 0 unspecified atom stereocenters. The second kappa shape index (κ2) is 7.91. The van der Waals surface area contributed by atoms with E-state index in [1.54, 1.807) is 13.0 Å². The number of carboxylic acids is 1. The Kier molecular flexibility index (Phi) is 6.23. The van der Waals surface area contributed by atoms with Gasteiger partial charge >= 0.3 is 5.97 Å². The molecule has 0 fully saturated rings. The Hall–Kier alpha value is -2.03. The Balaban J connectivity index is 2.17. The van der Waals surface area contributed by atoms with Crippen LogP contribution in [-0.4, -0.2) is 34.6 Å². The molecule has 0 aromatic carbocycles. The minimum atomic E-state index is -1.92. The molecule has 146 valence electrons. The SMILES string of the molecule is C/C(=C\C(=O)O)c1ncc(-c2nnc(CO[Si](C)(C)C(C)(C)C)o2)cc1Cl. The molecule has 1 N–H and O–H groups in total. The van der Waals surface area contributed by atoms with Gasteiger partial charge in [-0.25, -0.2) is 4.79 Å². The normalized spacial score (nSPS) is 13.1. The summed E-state index contributed by atoms with van der Waals surface area (Å²) in [6.07, 6.45) is 2.57.